The molecule has 3 saturated heterocycles. The molecule has 3 fully saturated rings. The molecule has 0 radical (unpaired) electrons. The normalized spacial score (nSPS) is 39.4. The molecule has 4 rings (SSSR count). The predicted molar refractivity (Wildman–Crippen MR) is 91.9 cm³/mol. The summed E-state index contributed by atoms with van der Waals surface area (Å²) in [6, 6.07) is 4.41. The fourth-order valence-corrected chi connectivity index (χ4v) is 5.43. The zero-order valence-electron chi connectivity index (χ0n) is 15.8. The van der Waals surface area contributed by atoms with E-state index in [1.54, 1.807) is 13.8 Å². The van der Waals surface area contributed by atoms with Gasteiger partial charge in [-0.15, -0.1) is 0 Å². The number of hydrogen-bond acceptors (Lipinski definition) is 4. The molecule has 5 nitrogen and oxygen atoms in total. The van der Waals surface area contributed by atoms with Crippen LogP contribution in [0.2, 0.25) is 0 Å². The highest BCUT2D eigenvalue weighted by molar-refractivity contribution is 6.23. The number of benzene rings is 1. The summed E-state index contributed by atoms with van der Waals surface area (Å²) < 4.78 is 46.2. The van der Waals surface area contributed by atoms with E-state index in [9.17, 15) is 22.8 Å². The lowest BCUT2D eigenvalue weighted by Crippen LogP contribution is -2.49. The van der Waals surface area contributed by atoms with Crippen LogP contribution in [0, 0.1) is 35.0 Å². The van der Waals surface area contributed by atoms with Gasteiger partial charge in [-0.25, -0.2) is 4.90 Å². The van der Waals surface area contributed by atoms with Crippen LogP contribution in [0.4, 0.5) is 18.9 Å². The highest BCUT2D eigenvalue weighted by Crippen LogP contribution is 2.65. The first-order chi connectivity index (χ1) is 12.9. The summed E-state index contributed by atoms with van der Waals surface area (Å²) in [5, 5.41) is 8.96. The lowest BCUT2D eigenvalue weighted by atomic mass is 9.59. The standard InChI is InChI=1S/C20H19F3N2O3/c1-9-10(2)19(4)15-14(18(9,3)28-19)16(26)25(17(15)27)12-6-5-11(8-24)13(7-12)20(21,22)23/h5-7,9-10,14-15H,1-4H3/t9-,10+,14+,15-,18?,19?. The molecule has 3 aliphatic heterocycles. The first kappa shape index (κ1) is 18.9. The van der Waals surface area contributed by atoms with Gasteiger partial charge in [0.25, 0.3) is 0 Å². The Kier molecular flexibility index (Phi) is 3.62. The van der Waals surface area contributed by atoms with Crippen LogP contribution in [-0.2, 0) is 20.5 Å². The number of carbonyl (C=O) groups is 2. The van der Waals surface area contributed by atoms with Crippen molar-refractivity contribution in [1.82, 2.24) is 0 Å². The van der Waals surface area contributed by atoms with Crippen molar-refractivity contribution in [3.05, 3.63) is 29.3 Å². The van der Waals surface area contributed by atoms with Crippen LogP contribution in [-0.4, -0.2) is 23.0 Å². The SMILES string of the molecule is C[C@@H]1[C@H](C)C2(C)OC1(C)[C@@H]1C(=O)N(c3ccc(C#N)c(C(F)(F)F)c3)C(=O)[C@@H]12. The molecule has 0 saturated carbocycles. The predicted octanol–water partition coefficient (Wildman–Crippen LogP) is 3.52. The molecule has 0 N–H and O–H groups in total. The second-order valence-electron chi connectivity index (χ2n) is 8.35. The van der Waals surface area contributed by atoms with Crippen molar-refractivity contribution in [3.8, 4) is 6.07 Å². The van der Waals surface area contributed by atoms with Crippen molar-refractivity contribution in [1.29, 1.82) is 5.26 Å². The Hall–Kier alpha value is -2.40. The fraction of sp³-hybridized carbons (Fsp3) is 0.550. The molecular formula is C20H19F3N2O3. The van der Waals surface area contributed by atoms with Crippen LogP contribution in [0.3, 0.4) is 0 Å². The molecule has 1 aromatic rings. The second kappa shape index (κ2) is 5.35. The Morgan fingerprint density at radius 3 is 2.00 bits per heavy atom. The number of fused-ring (bicyclic) bond motifs is 5. The van der Waals surface area contributed by atoms with Crippen LogP contribution >= 0.6 is 0 Å². The lowest BCUT2D eigenvalue weighted by Gasteiger charge is -2.38. The van der Waals surface area contributed by atoms with Crippen molar-refractivity contribution >= 4 is 17.5 Å². The number of amides is 2. The summed E-state index contributed by atoms with van der Waals surface area (Å²) in [4.78, 5) is 27.2. The first-order valence-electron chi connectivity index (χ1n) is 9.07. The van der Waals surface area contributed by atoms with E-state index in [1.165, 1.54) is 12.1 Å². The smallest absolute Gasteiger partial charge is 0.367 e. The Labute approximate surface area is 160 Å². The van der Waals surface area contributed by atoms with Crippen molar-refractivity contribution in [3.63, 3.8) is 0 Å². The minimum atomic E-state index is -4.77. The molecule has 2 bridgehead atoms. The van der Waals surface area contributed by atoms with E-state index in [4.69, 9.17) is 10.00 Å². The summed E-state index contributed by atoms with van der Waals surface area (Å²) in [6.07, 6.45) is -4.77. The van der Waals surface area contributed by atoms with Crippen LogP contribution < -0.4 is 4.90 Å². The molecule has 8 heteroatoms. The molecule has 3 aliphatic rings. The number of alkyl halides is 3. The summed E-state index contributed by atoms with van der Waals surface area (Å²) in [5.41, 5.74) is -3.58. The van der Waals surface area contributed by atoms with Crippen LogP contribution in [0.5, 0.6) is 0 Å². The van der Waals surface area contributed by atoms with Gasteiger partial charge < -0.3 is 4.74 Å². The molecule has 2 amide bonds. The minimum Gasteiger partial charge on any atom is -0.367 e. The maximum atomic E-state index is 13.3. The third-order valence-corrected chi connectivity index (χ3v) is 7.23. The van der Waals surface area contributed by atoms with Crippen LogP contribution in [0.15, 0.2) is 18.2 Å². The van der Waals surface area contributed by atoms with E-state index in [-0.39, 0.29) is 17.5 Å². The summed E-state index contributed by atoms with van der Waals surface area (Å²) in [6.45, 7) is 7.55. The Morgan fingerprint density at radius 2 is 1.57 bits per heavy atom. The van der Waals surface area contributed by atoms with Crippen molar-refractivity contribution in [2.45, 2.75) is 45.1 Å². The van der Waals surface area contributed by atoms with Crippen molar-refractivity contribution in [2.24, 2.45) is 23.7 Å². The Bertz CT molecular complexity index is 915. The van der Waals surface area contributed by atoms with E-state index in [1.807, 2.05) is 13.8 Å². The molecule has 148 valence electrons. The van der Waals surface area contributed by atoms with Crippen LogP contribution in [0.1, 0.15) is 38.8 Å². The topological polar surface area (TPSA) is 70.4 Å². The molecule has 6 atom stereocenters. The molecule has 1 aromatic carbocycles. The number of halogens is 3. The van der Waals surface area contributed by atoms with E-state index >= 15 is 0 Å². The van der Waals surface area contributed by atoms with Gasteiger partial charge in [0.15, 0.2) is 0 Å². The number of anilines is 1. The monoisotopic (exact) mass is 392 g/mol. The van der Waals surface area contributed by atoms with Gasteiger partial charge in [-0.2, -0.15) is 18.4 Å². The van der Waals surface area contributed by atoms with Gasteiger partial charge >= 0.3 is 6.18 Å². The summed E-state index contributed by atoms with van der Waals surface area (Å²) >= 11 is 0. The number of nitriles is 1. The largest absolute Gasteiger partial charge is 0.417 e. The highest BCUT2D eigenvalue weighted by atomic mass is 19.4. The van der Waals surface area contributed by atoms with Gasteiger partial charge in [0.1, 0.15) is 0 Å². The minimum absolute atomic E-state index is 0.0159. The van der Waals surface area contributed by atoms with E-state index < -0.39 is 52.2 Å². The Morgan fingerprint density at radius 1 is 1.07 bits per heavy atom. The van der Waals surface area contributed by atoms with E-state index in [0.717, 1.165) is 11.0 Å². The van der Waals surface area contributed by atoms with Gasteiger partial charge in [-0.1, -0.05) is 13.8 Å². The molecule has 0 spiro atoms. The van der Waals surface area contributed by atoms with Crippen molar-refractivity contribution < 1.29 is 27.5 Å². The molecule has 28 heavy (non-hydrogen) atoms. The lowest BCUT2D eigenvalue weighted by molar-refractivity contribution is -0.138. The fourth-order valence-electron chi connectivity index (χ4n) is 5.43. The summed E-state index contributed by atoms with van der Waals surface area (Å²) in [5.74, 6) is -2.53. The number of hydrogen-bond donors (Lipinski definition) is 0. The molecular weight excluding hydrogens is 373 g/mol. The Balaban J connectivity index is 1.82. The van der Waals surface area contributed by atoms with Gasteiger partial charge in [0, 0.05) is 0 Å². The number of carbonyl (C=O) groups excluding carboxylic acids is 2. The van der Waals surface area contributed by atoms with Gasteiger partial charge in [0.05, 0.1) is 45.9 Å². The molecule has 2 unspecified atom stereocenters. The molecule has 0 aromatic heterocycles. The van der Waals surface area contributed by atoms with E-state index in [2.05, 4.69) is 0 Å². The first-order valence-corrected chi connectivity index (χ1v) is 9.07. The van der Waals surface area contributed by atoms with E-state index in [0.29, 0.717) is 6.07 Å². The quantitative estimate of drug-likeness (QED) is 0.686. The van der Waals surface area contributed by atoms with Gasteiger partial charge in [-0.3, -0.25) is 9.59 Å². The van der Waals surface area contributed by atoms with Crippen LogP contribution in [0.25, 0.3) is 0 Å². The third-order valence-electron chi connectivity index (χ3n) is 7.23. The third kappa shape index (κ3) is 2.05. The number of nitrogens with zero attached hydrogens (tertiary/aromatic N) is 2. The number of imide groups is 1. The number of rotatable bonds is 1. The summed E-state index contributed by atoms with van der Waals surface area (Å²) in [7, 11) is 0. The van der Waals surface area contributed by atoms with Crippen molar-refractivity contribution in [2.75, 3.05) is 4.90 Å². The molecule has 0 aliphatic carbocycles. The average molecular weight is 392 g/mol. The van der Waals surface area contributed by atoms with Gasteiger partial charge in [0.2, 0.25) is 11.8 Å². The van der Waals surface area contributed by atoms with Gasteiger partial charge in [-0.05, 0) is 43.9 Å². The maximum Gasteiger partial charge on any atom is 0.417 e. The zero-order valence-corrected chi connectivity index (χ0v) is 15.8. The number of ether oxygens (including phenoxy) is 1. The maximum absolute atomic E-state index is 13.3. The average Bonchev–Trinajstić information content (AvgIpc) is 3.10. The second-order valence-corrected chi connectivity index (χ2v) is 8.35. The molecule has 3 heterocycles. The highest BCUT2D eigenvalue weighted by Gasteiger charge is 2.77. The zero-order chi connectivity index (χ0) is 20.8.